The molecule has 1 aliphatic carbocycles. The predicted molar refractivity (Wildman–Crippen MR) is 94.1 cm³/mol. The Morgan fingerprint density at radius 2 is 1.96 bits per heavy atom. The van der Waals surface area contributed by atoms with Crippen molar-refractivity contribution in [1.29, 1.82) is 0 Å². The van der Waals surface area contributed by atoms with Crippen LogP contribution in [0.3, 0.4) is 0 Å². The Morgan fingerprint density at radius 1 is 1.24 bits per heavy atom. The minimum absolute atomic E-state index is 0.143. The van der Waals surface area contributed by atoms with E-state index in [4.69, 9.17) is 4.74 Å². The van der Waals surface area contributed by atoms with Gasteiger partial charge in [0.25, 0.3) is 0 Å². The summed E-state index contributed by atoms with van der Waals surface area (Å²) in [5, 5.41) is 3.11. The minimum atomic E-state index is -0.143. The molecule has 6 nitrogen and oxygen atoms in total. The number of carbonyl (C=O) groups excluding carboxylic acids is 2. The predicted octanol–water partition coefficient (Wildman–Crippen LogP) is 1.99. The van der Waals surface area contributed by atoms with Crippen molar-refractivity contribution in [2.45, 2.75) is 64.5 Å². The van der Waals surface area contributed by atoms with Crippen molar-refractivity contribution in [3.05, 3.63) is 0 Å². The van der Waals surface area contributed by atoms with Gasteiger partial charge in [-0.1, -0.05) is 0 Å². The van der Waals surface area contributed by atoms with Crippen LogP contribution < -0.4 is 5.32 Å². The minimum Gasteiger partial charge on any atom is -0.450 e. The molecule has 6 heteroatoms. The van der Waals surface area contributed by atoms with Crippen molar-refractivity contribution in [3.63, 3.8) is 0 Å². The van der Waals surface area contributed by atoms with E-state index in [0.717, 1.165) is 45.4 Å². The van der Waals surface area contributed by atoms with Crippen molar-refractivity contribution in [1.82, 2.24) is 15.1 Å². The zero-order chi connectivity index (χ0) is 17.7. The summed E-state index contributed by atoms with van der Waals surface area (Å²) >= 11 is 0. The summed E-state index contributed by atoms with van der Waals surface area (Å²) in [6.07, 6.45) is 6.37. The summed E-state index contributed by atoms with van der Waals surface area (Å²) in [5.74, 6) is 0.230. The number of ether oxygens (including phenoxy) is 1. The van der Waals surface area contributed by atoms with Crippen molar-refractivity contribution >= 4 is 12.0 Å². The molecule has 140 valence electrons. The first-order valence-corrected chi connectivity index (χ1v) is 9.90. The van der Waals surface area contributed by atoms with Gasteiger partial charge in [0.05, 0.1) is 6.61 Å². The summed E-state index contributed by atoms with van der Waals surface area (Å²) in [4.78, 5) is 28.2. The van der Waals surface area contributed by atoms with Crippen LogP contribution in [0.5, 0.6) is 0 Å². The third kappa shape index (κ3) is 2.92. The van der Waals surface area contributed by atoms with Gasteiger partial charge in [0, 0.05) is 37.0 Å². The molecule has 2 spiro atoms. The molecule has 3 saturated heterocycles. The summed E-state index contributed by atoms with van der Waals surface area (Å²) in [6, 6.07) is 0.989. The van der Waals surface area contributed by atoms with Gasteiger partial charge in [-0.25, -0.2) is 4.79 Å². The van der Waals surface area contributed by atoms with Gasteiger partial charge in [-0.2, -0.15) is 0 Å². The maximum absolute atomic E-state index is 11.9. The fraction of sp³-hybridized carbons (Fsp3) is 0.895. The van der Waals surface area contributed by atoms with E-state index in [2.05, 4.69) is 17.1 Å². The zero-order valence-corrected chi connectivity index (χ0v) is 15.6. The van der Waals surface area contributed by atoms with E-state index in [0.29, 0.717) is 30.5 Å². The number of amides is 2. The fourth-order valence-electron chi connectivity index (χ4n) is 5.70. The second-order valence-corrected chi connectivity index (χ2v) is 8.80. The Balaban J connectivity index is 1.27. The topological polar surface area (TPSA) is 61.9 Å². The Bertz CT molecular complexity index is 550. The average Bonchev–Trinajstić information content (AvgIpc) is 3.10. The van der Waals surface area contributed by atoms with Crippen molar-refractivity contribution in [2.24, 2.45) is 10.8 Å². The second-order valence-electron chi connectivity index (χ2n) is 8.80. The largest absolute Gasteiger partial charge is 0.450 e. The molecule has 1 N–H and O–H groups in total. The molecule has 1 saturated carbocycles. The molecule has 0 bridgehead atoms. The highest BCUT2D eigenvalue weighted by atomic mass is 16.6. The third-order valence-corrected chi connectivity index (χ3v) is 7.42. The highest BCUT2D eigenvalue weighted by molar-refractivity contribution is 5.79. The van der Waals surface area contributed by atoms with Crippen LogP contribution in [0, 0.1) is 10.8 Å². The van der Waals surface area contributed by atoms with E-state index in [-0.39, 0.29) is 17.4 Å². The second kappa shape index (κ2) is 6.15. The number of hydrogen-bond donors (Lipinski definition) is 1. The van der Waals surface area contributed by atoms with Crippen molar-refractivity contribution in [3.8, 4) is 0 Å². The molecule has 4 aliphatic rings. The molecular weight excluding hydrogens is 318 g/mol. The van der Waals surface area contributed by atoms with Crippen LogP contribution in [0.4, 0.5) is 4.79 Å². The molecule has 2 amide bonds. The number of likely N-dealkylation sites (tertiary alicyclic amines) is 2. The standard InChI is InChI=1S/C19H31N3O3/c1-3-25-17(24)22-7-4-18(13-22)10-15(11-18)21-8-5-19(6-9-21)12-16(23)20-14(19)2/h14-15H,3-13H2,1-2H3,(H,20,23). The first-order valence-electron chi connectivity index (χ1n) is 9.90. The number of piperidine rings is 1. The van der Waals surface area contributed by atoms with Gasteiger partial charge in [0.2, 0.25) is 5.91 Å². The Morgan fingerprint density at radius 3 is 2.56 bits per heavy atom. The number of rotatable bonds is 2. The molecule has 0 aromatic heterocycles. The van der Waals surface area contributed by atoms with E-state index >= 15 is 0 Å². The Hall–Kier alpha value is -1.30. The molecule has 3 heterocycles. The molecule has 25 heavy (non-hydrogen) atoms. The summed E-state index contributed by atoms with van der Waals surface area (Å²) < 4.78 is 5.15. The fourth-order valence-corrected chi connectivity index (χ4v) is 5.70. The molecule has 0 radical (unpaired) electrons. The van der Waals surface area contributed by atoms with Crippen LogP contribution in [-0.4, -0.2) is 66.7 Å². The zero-order valence-electron chi connectivity index (χ0n) is 15.6. The highest BCUT2D eigenvalue weighted by Gasteiger charge is 2.53. The molecule has 0 aromatic rings. The molecular formula is C19H31N3O3. The van der Waals surface area contributed by atoms with Crippen LogP contribution in [0.25, 0.3) is 0 Å². The lowest BCUT2D eigenvalue weighted by atomic mass is 9.63. The van der Waals surface area contributed by atoms with Gasteiger partial charge >= 0.3 is 6.09 Å². The van der Waals surface area contributed by atoms with Crippen LogP contribution >= 0.6 is 0 Å². The molecule has 4 rings (SSSR count). The quantitative estimate of drug-likeness (QED) is 0.828. The van der Waals surface area contributed by atoms with E-state index in [1.165, 1.54) is 12.8 Å². The monoisotopic (exact) mass is 349 g/mol. The maximum atomic E-state index is 11.9. The molecule has 1 atom stereocenters. The number of carbonyl (C=O) groups is 2. The van der Waals surface area contributed by atoms with Gasteiger partial charge < -0.3 is 19.9 Å². The van der Waals surface area contributed by atoms with Crippen molar-refractivity contribution < 1.29 is 14.3 Å². The smallest absolute Gasteiger partial charge is 0.409 e. The van der Waals surface area contributed by atoms with Gasteiger partial charge in [0.15, 0.2) is 0 Å². The van der Waals surface area contributed by atoms with Crippen LogP contribution in [0.1, 0.15) is 52.4 Å². The van der Waals surface area contributed by atoms with Crippen LogP contribution in [0.2, 0.25) is 0 Å². The van der Waals surface area contributed by atoms with Crippen molar-refractivity contribution in [2.75, 3.05) is 32.8 Å². The van der Waals surface area contributed by atoms with E-state index in [9.17, 15) is 9.59 Å². The highest BCUT2D eigenvalue weighted by Crippen LogP contribution is 2.52. The Labute approximate surface area is 150 Å². The van der Waals surface area contributed by atoms with Gasteiger partial charge in [-0.15, -0.1) is 0 Å². The first kappa shape index (κ1) is 17.1. The lowest BCUT2D eigenvalue weighted by Gasteiger charge is -2.53. The van der Waals surface area contributed by atoms with Gasteiger partial charge in [-0.05, 0) is 64.5 Å². The molecule has 1 unspecified atom stereocenters. The molecule has 3 aliphatic heterocycles. The average molecular weight is 349 g/mol. The summed E-state index contributed by atoms with van der Waals surface area (Å²) in [5.41, 5.74) is 0.536. The number of nitrogens with one attached hydrogen (secondary N) is 1. The van der Waals surface area contributed by atoms with Gasteiger partial charge in [-0.3, -0.25) is 4.79 Å². The molecule has 0 aromatic carbocycles. The van der Waals surface area contributed by atoms with E-state index < -0.39 is 0 Å². The summed E-state index contributed by atoms with van der Waals surface area (Å²) in [6.45, 7) is 8.43. The van der Waals surface area contributed by atoms with E-state index in [1.807, 2.05) is 11.8 Å². The third-order valence-electron chi connectivity index (χ3n) is 7.42. The van der Waals surface area contributed by atoms with Gasteiger partial charge in [0.1, 0.15) is 0 Å². The molecule has 4 fully saturated rings. The SMILES string of the molecule is CCOC(=O)N1CCC2(CC(N3CCC4(CC3)CC(=O)NC4C)C2)C1. The van der Waals surface area contributed by atoms with Crippen LogP contribution in [-0.2, 0) is 9.53 Å². The van der Waals surface area contributed by atoms with Crippen LogP contribution in [0.15, 0.2) is 0 Å². The Kier molecular flexibility index (Phi) is 4.21. The lowest BCUT2D eigenvalue weighted by Crippen LogP contribution is -2.56. The first-order chi connectivity index (χ1) is 12.0. The van der Waals surface area contributed by atoms with E-state index in [1.54, 1.807) is 0 Å². The number of hydrogen-bond acceptors (Lipinski definition) is 4. The lowest BCUT2D eigenvalue weighted by molar-refractivity contribution is -0.120. The normalized spacial score (nSPS) is 37.4. The maximum Gasteiger partial charge on any atom is 0.409 e. The summed E-state index contributed by atoms with van der Waals surface area (Å²) in [7, 11) is 0. The number of nitrogens with zero attached hydrogens (tertiary/aromatic N) is 2.